The summed E-state index contributed by atoms with van der Waals surface area (Å²) in [5.74, 6) is -1.06. The summed E-state index contributed by atoms with van der Waals surface area (Å²) in [6.07, 6.45) is -6.44. The van der Waals surface area contributed by atoms with Gasteiger partial charge in [0.25, 0.3) is 0 Å². The molecule has 0 unspecified atom stereocenters. The monoisotopic (exact) mass is 194 g/mol. The maximum atomic E-state index is 10.7. The van der Waals surface area contributed by atoms with Gasteiger partial charge in [-0.25, -0.2) is 4.79 Å². The van der Waals surface area contributed by atoms with Crippen LogP contribution < -0.4 is 0 Å². The van der Waals surface area contributed by atoms with Crippen LogP contribution in [0.5, 0.6) is 0 Å². The highest BCUT2D eigenvalue weighted by Crippen LogP contribution is 2.05. The van der Waals surface area contributed by atoms with E-state index < -0.39 is 30.4 Å². The van der Waals surface area contributed by atoms with Gasteiger partial charge in [-0.2, -0.15) is 0 Å². The lowest BCUT2D eigenvalue weighted by Crippen LogP contribution is -2.47. The van der Waals surface area contributed by atoms with Gasteiger partial charge in [-0.05, 0) is 6.92 Å². The van der Waals surface area contributed by atoms with Gasteiger partial charge in [0, 0.05) is 0 Å². The Bertz CT molecular complexity index is 168. The molecule has 0 aliphatic heterocycles. The highest BCUT2D eigenvalue weighted by Gasteiger charge is 2.33. The number of ether oxygens (including phenoxy) is 1. The smallest absolute Gasteiger partial charge is 0.337 e. The van der Waals surface area contributed by atoms with E-state index in [1.165, 1.54) is 6.92 Å². The van der Waals surface area contributed by atoms with Gasteiger partial charge < -0.3 is 25.2 Å². The van der Waals surface area contributed by atoms with Crippen LogP contribution in [-0.4, -0.2) is 57.9 Å². The fourth-order valence-electron chi connectivity index (χ4n) is 0.732. The minimum Gasteiger partial charge on any atom is -0.467 e. The normalized spacial score (nSPS) is 20.2. The molecule has 0 fully saturated rings. The van der Waals surface area contributed by atoms with E-state index >= 15 is 0 Å². The minimum absolute atomic E-state index is 1.03. The molecule has 13 heavy (non-hydrogen) atoms. The van der Waals surface area contributed by atoms with Crippen LogP contribution in [0.1, 0.15) is 6.92 Å². The second-order valence-corrected chi connectivity index (χ2v) is 2.69. The predicted molar refractivity (Wildman–Crippen MR) is 41.7 cm³/mol. The van der Waals surface area contributed by atoms with Crippen molar-refractivity contribution < 1.29 is 30.0 Å². The van der Waals surface area contributed by atoms with E-state index in [9.17, 15) is 4.79 Å². The average Bonchev–Trinajstić information content (AvgIpc) is 2.12. The largest absolute Gasteiger partial charge is 0.467 e. The summed E-state index contributed by atoms with van der Waals surface area (Å²) in [6, 6.07) is 0. The van der Waals surface area contributed by atoms with Crippen molar-refractivity contribution in [3.05, 3.63) is 0 Å². The predicted octanol–water partition coefficient (Wildman–Crippen LogP) is -2.38. The number of hydrogen-bond donors (Lipinski definition) is 4. The van der Waals surface area contributed by atoms with E-state index in [1.54, 1.807) is 0 Å². The summed E-state index contributed by atoms with van der Waals surface area (Å²) >= 11 is 0. The Hall–Kier alpha value is -0.690. The molecular formula is C7H14O6. The third-order valence-electron chi connectivity index (χ3n) is 1.61. The maximum absolute atomic E-state index is 10.7. The van der Waals surface area contributed by atoms with Crippen LogP contribution in [0, 0.1) is 0 Å². The number of carbonyl (C=O) groups excluding carboxylic acids is 1. The van der Waals surface area contributed by atoms with Crippen molar-refractivity contribution in [3.8, 4) is 0 Å². The molecule has 0 bridgehead atoms. The number of aliphatic hydroxyl groups excluding tert-OH is 4. The Morgan fingerprint density at radius 2 is 1.62 bits per heavy atom. The number of carbonyl (C=O) groups is 1. The van der Waals surface area contributed by atoms with Gasteiger partial charge in [-0.3, -0.25) is 0 Å². The molecule has 0 aliphatic carbocycles. The first-order valence-corrected chi connectivity index (χ1v) is 3.72. The lowest BCUT2D eigenvalue weighted by atomic mass is 10.0. The van der Waals surface area contributed by atoms with Gasteiger partial charge in [-0.1, -0.05) is 0 Å². The molecule has 0 aromatic heterocycles. The van der Waals surface area contributed by atoms with E-state index in [-0.39, 0.29) is 0 Å². The molecule has 0 heterocycles. The van der Waals surface area contributed by atoms with Crippen LogP contribution >= 0.6 is 0 Å². The number of rotatable bonds is 4. The fourth-order valence-corrected chi connectivity index (χ4v) is 0.732. The first-order chi connectivity index (χ1) is 5.91. The maximum Gasteiger partial charge on any atom is 0.337 e. The summed E-state index contributed by atoms with van der Waals surface area (Å²) in [4.78, 5) is 10.7. The van der Waals surface area contributed by atoms with E-state index in [1.807, 2.05) is 0 Å². The highest BCUT2D eigenvalue weighted by molar-refractivity contribution is 5.75. The fraction of sp³-hybridized carbons (Fsp3) is 0.857. The molecule has 4 atom stereocenters. The molecule has 78 valence electrons. The number of hydrogen-bond acceptors (Lipinski definition) is 6. The van der Waals surface area contributed by atoms with E-state index in [0.717, 1.165) is 7.11 Å². The van der Waals surface area contributed by atoms with Gasteiger partial charge in [0.05, 0.1) is 13.2 Å². The molecule has 0 aromatic carbocycles. The van der Waals surface area contributed by atoms with Crippen LogP contribution in [0.3, 0.4) is 0 Å². The van der Waals surface area contributed by atoms with Crippen molar-refractivity contribution in [3.63, 3.8) is 0 Å². The minimum atomic E-state index is -1.85. The van der Waals surface area contributed by atoms with Gasteiger partial charge in [0.2, 0.25) is 0 Å². The SMILES string of the molecule is COC(=O)[C@@H](O)[C@H](O)[C@H](O)[C@H](C)O. The molecule has 0 radical (unpaired) electrons. The zero-order chi connectivity index (χ0) is 10.6. The Labute approximate surface area is 75.4 Å². The van der Waals surface area contributed by atoms with Gasteiger partial charge >= 0.3 is 5.97 Å². The second kappa shape index (κ2) is 5.13. The van der Waals surface area contributed by atoms with Crippen molar-refractivity contribution in [2.45, 2.75) is 31.3 Å². The molecule has 6 nitrogen and oxygen atoms in total. The molecule has 0 aromatic rings. The Kier molecular flexibility index (Phi) is 4.86. The van der Waals surface area contributed by atoms with Crippen LogP contribution in [0.15, 0.2) is 0 Å². The van der Waals surface area contributed by atoms with Crippen molar-refractivity contribution in [1.82, 2.24) is 0 Å². The molecule has 4 N–H and O–H groups in total. The summed E-state index contributed by atoms with van der Waals surface area (Å²) in [5, 5.41) is 36.0. The van der Waals surface area contributed by atoms with Gasteiger partial charge in [0.1, 0.15) is 12.2 Å². The van der Waals surface area contributed by atoms with E-state index in [0.29, 0.717) is 0 Å². The number of esters is 1. The standard InChI is InChI=1S/C7H14O6/c1-3(8)4(9)5(10)6(11)7(12)13-2/h3-6,8-11H,1-2H3/t3-,4+,5+,6-/m0/s1. The lowest BCUT2D eigenvalue weighted by Gasteiger charge is -2.22. The second-order valence-electron chi connectivity index (χ2n) is 2.69. The van der Waals surface area contributed by atoms with E-state index in [2.05, 4.69) is 4.74 Å². The van der Waals surface area contributed by atoms with Crippen LogP contribution in [0.25, 0.3) is 0 Å². The highest BCUT2D eigenvalue weighted by atomic mass is 16.5. The third kappa shape index (κ3) is 3.27. The van der Waals surface area contributed by atoms with Crippen LogP contribution in [-0.2, 0) is 9.53 Å². The Morgan fingerprint density at radius 3 is 1.92 bits per heavy atom. The van der Waals surface area contributed by atoms with Crippen LogP contribution in [0.4, 0.5) is 0 Å². The summed E-state index contributed by atoms with van der Waals surface area (Å²) < 4.78 is 4.12. The zero-order valence-corrected chi connectivity index (χ0v) is 7.41. The first kappa shape index (κ1) is 12.3. The lowest BCUT2D eigenvalue weighted by molar-refractivity contribution is -0.165. The molecular weight excluding hydrogens is 180 g/mol. The topological polar surface area (TPSA) is 107 Å². The molecule has 6 heteroatoms. The van der Waals surface area contributed by atoms with Crippen molar-refractivity contribution in [1.29, 1.82) is 0 Å². The van der Waals surface area contributed by atoms with Crippen molar-refractivity contribution >= 4 is 5.97 Å². The van der Waals surface area contributed by atoms with Gasteiger partial charge in [-0.15, -0.1) is 0 Å². The summed E-state index contributed by atoms with van der Waals surface area (Å²) in [5.41, 5.74) is 0. The third-order valence-corrected chi connectivity index (χ3v) is 1.61. The summed E-state index contributed by atoms with van der Waals surface area (Å²) in [6.45, 7) is 1.22. The van der Waals surface area contributed by atoms with Crippen molar-refractivity contribution in [2.75, 3.05) is 7.11 Å². The summed E-state index contributed by atoms with van der Waals surface area (Å²) in [7, 11) is 1.03. The molecule has 0 rings (SSSR count). The first-order valence-electron chi connectivity index (χ1n) is 3.72. The van der Waals surface area contributed by atoms with Crippen LogP contribution in [0.2, 0.25) is 0 Å². The molecule has 0 saturated carbocycles. The van der Waals surface area contributed by atoms with E-state index in [4.69, 9.17) is 20.4 Å². The number of methoxy groups -OCH3 is 1. The van der Waals surface area contributed by atoms with Crippen molar-refractivity contribution in [2.24, 2.45) is 0 Å². The molecule has 0 amide bonds. The van der Waals surface area contributed by atoms with Gasteiger partial charge in [0.15, 0.2) is 6.10 Å². The zero-order valence-electron chi connectivity index (χ0n) is 7.41. The Balaban J connectivity index is 4.24. The molecule has 0 saturated heterocycles. The quantitative estimate of drug-likeness (QED) is 0.372. The Morgan fingerprint density at radius 1 is 1.15 bits per heavy atom. The average molecular weight is 194 g/mol. The molecule has 0 spiro atoms. The molecule has 0 aliphatic rings. The number of aliphatic hydroxyl groups is 4.